The number of aromatic nitrogens is 4. The Morgan fingerprint density at radius 3 is 2.82 bits per heavy atom. The van der Waals surface area contributed by atoms with Crippen LogP contribution in [0.2, 0.25) is 0 Å². The van der Waals surface area contributed by atoms with Gasteiger partial charge in [0.15, 0.2) is 22.8 Å². The zero-order chi connectivity index (χ0) is 26.0. The van der Waals surface area contributed by atoms with Crippen molar-refractivity contribution < 1.29 is 19.7 Å². The molecule has 0 radical (unpaired) electrons. The maximum Gasteiger partial charge on any atom is 0.211 e. The van der Waals surface area contributed by atoms with Gasteiger partial charge in [0.25, 0.3) is 0 Å². The summed E-state index contributed by atoms with van der Waals surface area (Å²) in [5, 5.41) is 25.1. The molecule has 190 valence electrons. The summed E-state index contributed by atoms with van der Waals surface area (Å²) in [7, 11) is 0. The second-order valence-corrected chi connectivity index (χ2v) is 9.67. The number of ketones is 1. The van der Waals surface area contributed by atoms with Crippen molar-refractivity contribution in [2.45, 2.75) is 31.3 Å². The number of carbonyl (C=O) groups is 1. The summed E-state index contributed by atoms with van der Waals surface area (Å²) in [6.07, 6.45) is 0.171. The fourth-order valence-electron chi connectivity index (χ4n) is 5.56. The van der Waals surface area contributed by atoms with Gasteiger partial charge in [-0.25, -0.2) is 15.0 Å². The predicted molar refractivity (Wildman–Crippen MR) is 141 cm³/mol. The zero-order valence-electron chi connectivity index (χ0n) is 20.2. The lowest BCUT2D eigenvalue weighted by Gasteiger charge is -2.20. The number of aliphatic hydroxyl groups excluding tert-OH is 2. The van der Waals surface area contributed by atoms with Crippen molar-refractivity contribution in [3.8, 4) is 0 Å². The molecule has 3 aromatic carbocycles. The third kappa shape index (κ3) is 3.46. The number of fused-ring (bicyclic) bond motifs is 5. The van der Waals surface area contributed by atoms with E-state index in [2.05, 4.69) is 20.3 Å². The molecule has 0 saturated carbocycles. The van der Waals surface area contributed by atoms with E-state index in [1.807, 2.05) is 54.6 Å². The van der Waals surface area contributed by atoms with Crippen molar-refractivity contribution in [3.63, 3.8) is 0 Å². The van der Waals surface area contributed by atoms with Crippen LogP contribution in [-0.2, 0) is 11.2 Å². The van der Waals surface area contributed by atoms with Crippen LogP contribution in [0.5, 0.6) is 0 Å². The van der Waals surface area contributed by atoms with Gasteiger partial charge in [0, 0.05) is 23.2 Å². The van der Waals surface area contributed by atoms with Gasteiger partial charge in [-0.05, 0) is 40.5 Å². The molecule has 1 aliphatic heterocycles. The van der Waals surface area contributed by atoms with Crippen molar-refractivity contribution in [3.05, 3.63) is 83.2 Å². The number of nitrogen functional groups attached to an aromatic ring is 1. The van der Waals surface area contributed by atoms with Gasteiger partial charge in [0.2, 0.25) is 5.95 Å². The second-order valence-electron chi connectivity index (χ2n) is 9.67. The molecule has 38 heavy (non-hydrogen) atoms. The van der Waals surface area contributed by atoms with Crippen molar-refractivity contribution >= 4 is 45.2 Å². The highest BCUT2D eigenvalue weighted by Gasteiger charge is 2.37. The minimum absolute atomic E-state index is 0.0411. The first-order valence-electron chi connectivity index (χ1n) is 12.4. The highest BCUT2D eigenvalue weighted by atomic mass is 16.5. The lowest BCUT2D eigenvalue weighted by Crippen LogP contribution is -2.24. The van der Waals surface area contributed by atoms with Crippen LogP contribution in [0, 0.1) is 0 Å². The van der Waals surface area contributed by atoms with E-state index >= 15 is 0 Å². The van der Waals surface area contributed by atoms with E-state index in [1.165, 1.54) is 6.33 Å². The Kier molecular flexibility index (Phi) is 5.15. The summed E-state index contributed by atoms with van der Waals surface area (Å²) in [6.45, 7) is -0.303. The molecule has 10 nitrogen and oxygen atoms in total. The number of ether oxygens (including phenoxy) is 1. The van der Waals surface area contributed by atoms with Crippen molar-refractivity contribution in [2.75, 3.05) is 17.7 Å². The van der Waals surface area contributed by atoms with Gasteiger partial charge in [0.05, 0.1) is 12.7 Å². The summed E-state index contributed by atoms with van der Waals surface area (Å²) in [6, 6.07) is 17.6. The number of carbonyl (C=O) groups excluding carboxylic acids is 1. The number of nitrogens with one attached hydrogen (secondary N) is 1. The smallest absolute Gasteiger partial charge is 0.211 e. The van der Waals surface area contributed by atoms with Gasteiger partial charge < -0.3 is 26.0 Å². The lowest BCUT2D eigenvalue weighted by atomic mass is 9.82. The summed E-state index contributed by atoms with van der Waals surface area (Å²) in [4.78, 5) is 26.4. The van der Waals surface area contributed by atoms with E-state index < -0.39 is 18.4 Å². The Hall–Kier alpha value is -4.38. The van der Waals surface area contributed by atoms with Gasteiger partial charge in [-0.15, -0.1) is 0 Å². The van der Waals surface area contributed by atoms with Crippen molar-refractivity contribution in [2.24, 2.45) is 0 Å². The normalized spacial score (nSPS) is 20.6. The number of rotatable bonds is 4. The number of anilines is 3. The van der Waals surface area contributed by atoms with Gasteiger partial charge in [-0.3, -0.25) is 9.36 Å². The maximum atomic E-state index is 13.4. The monoisotopic (exact) mass is 508 g/mol. The Balaban J connectivity index is 1.29. The maximum absolute atomic E-state index is 13.4. The van der Waals surface area contributed by atoms with E-state index in [4.69, 9.17) is 10.5 Å². The summed E-state index contributed by atoms with van der Waals surface area (Å²) in [5.41, 5.74) is 11.2. The minimum atomic E-state index is -0.830. The summed E-state index contributed by atoms with van der Waals surface area (Å²) >= 11 is 0. The van der Waals surface area contributed by atoms with Crippen LogP contribution in [0.1, 0.15) is 39.7 Å². The number of nitrogens with two attached hydrogens (primary N) is 1. The molecule has 2 aromatic heterocycles. The Labute approximate surface area is 216 Å². The van der Waals surface area contributed by atoms with Crippen LogP contribution < -0.4 is 11.1 Å². The van der Waals surface area contributed by atoms with E-state index in [1.54, 1.807) is 4.57 Å². The van der Waals surface area contributed by atoms with Crippen LogP contribution in [0.4, 0.5) is 17.5 Å². The second kappa shape index (κ2) is 8.59. The number of imidazole rings is 1. The first-order chi connectivity index (χ1) is 18.5. The molecule has 1 aliphatic carbocycles. The molecule has 1 fully saturated rings. The topological polar surface area (TPSA) is 148 Å². The summed E-state index contributed by atoms with van der Waals surface area (Å²) < 4.78 is 7.64. The molecular formula is C28H24N6O4. The highest BCUT2D eigenvalue weighted by molar-refractivity contribution is 6.19. The average molecular weight is 509 g/mol. The van der Waals surface area contributed by atoms with Crippen LogP contribution in [0.25, 0.3) is 21.9 Å². The van der Waals surface area contributed by atoms with E-state index in [0.29, 0.717) is 17.1 Å². The largest absolute Gasteiger partial charge is 0.394 e. The van der Waals surface area contributed by atoms with Gasteiger partial charge in [0.1, 0.15) is 18.7 Å². The Morgan fingerprint density at radius 2 is 1.97 bits per heavy atom. The van der Waals surface area contributed by atoms with Gasteiger partial charge in [-0.2, -0.15) is 0 Å². The fraction of sp³-hybridized carbons (Fsp3) is 0.214. The number of hydrogen-bond donors (Lipinski definition) is 4. The number of nitrogens with zero attached hydrogens (tertiary/aromatic N) is 4. The molecule has 0 bridgehead atoms. The number of hydrogen-bond acceptors (Lipinski definition) is 9. The molecule has 10 heteroatoms. The first-order valence-corrected chi connectivity index (χ1v) is 12.4. The zero-order valence-corrected chi connectivity index (χ0v) is 20.2. The first kappa shape index (κ1) is 22.8. The van der Waals surface area contributed by atoms with Crippen molar-refractivity contribution in [1.82, 2.24) is 19.5 Å². The molecule has 0 unspecified atom stereocenters. The van der Waals surface area contributed by atoms with Crippen LogP contribution in [0.15, 0.2) is 60.9 Å². The van der Waals surface area contributed by atoms with Crippen LogP contribution in [0.3, 0.4) is 0 Å². The summed E-state index contributed by atoms with van der Waals surface area (Å²) in [5.74, 6) is 0.669. The van der Waals surface area contributed by atoms with E-state index in [0.717, 1.165) is 45.1 Å². The SMILES string of the molecule is Nc1ncnc2c1nc(Nc1ccc3c4c(ccc3c1)Cc1ccccc1C4=O)n2[C@H]1C[C@H](O)[C@@H](CO)O1. The molecule has 5 aromatic rings. The van der Waals surface area contributed by atoms with Gasteiger partial charge in [-0.1, -0.05) is 42.5 Å². The average Bonchev–Trinajstić information content (AvgIpc) is 3.48. The molecule has 3 heterocycles. The quantitative estimate of drug-likeness (QED) is 0.282. The molecule has 2 aliphatic rings. The Morgan fingerprint density at radius 1 is 1.11 bits per heavy atom. The van der Waals surface area contributed by atoms with Gasteiger partial charge >= 0.3 is 0 Å². The lowest BCUT2D eigenvalue weighted by molar-refractivity contribution is -0.0425. The van der Waals surface area contributed by atoms with E-state index in [-0.39, 0.29) is 24.6 Å². The fourth-order valence-corrected chi connectivity index (χ4v) is 5.56. The molecule has 3 atom stereocenters. The predicted octanol–water partition coefficient (Wildman–Crippen LogP) is 3.08. The molecular weight excluding hydrogens is 484 g/mol. The molecule has 7 rings (SSSR count). The number of benzene rings is 3. The van der Waals surface area contributed by atoms with Crippen LogP contribution in [-0.4, -0.2) is 54.3 Å². The third-order valence-electron chi connectivity index (χ3n) is 7.41. The standard InChI is InChI=1S/C28H24N6O4/c29-26-24-27(31-13-30-26)34(22-11-20(36)21(12-35)38-22)28(33-24)32-17-7-8-18-15(10-17)5-6-16-9-14-3-1-2-4-19(14)25(37)23(16)18/h1-8,10,13,20-22,35-36H,9,11-12H2,(H,32,33)(H2,29,30,31)/t20-,21+,22+/m0/s1. The van der Waals surface area contributed by atoms with Crippen LogP contribution >= 0.6 is 0 Å². The molecule has 5 N–H and O–H groups in total. The van der Waals surface area contributed by atoms with E-state index in [9.17, 15) is 15.0 Å². The minimum Gasteiger partial charge on any atom is -0.394 e. The molecule has 0 spiro atoms. The molecule has 1 saturated heterocycles. The van der Waals surface area contributed by atoms with Crippen molar-refractivity contribution in [1.29, 1.82) is 0 Å². The molecule has 0 amide bonds. The number of aliphatic hydroxyl groups is 2. The third-order valence-corrected chi connectivity index (χ3v) is 7.41. The Bertz CT molecular complexity index is 1750. The highest BCUT2D eigenvalue weighted by Crippen LogP contribution is 2.37.